The van der Waals surface area contributed by atoms with Crippen LogP contribution in [0, 0.1) is 0 Å². The summed E-state index contributed by atoms with van der Waals surface area (Å²) >= 11 is 3.45. The lowest BCUT2D eigenvalue weighted by molar-refractivity contribution is 0.211. The van der Waals surface area contributed by atoms with Crippen LogP contribution >= 0.6 is 15.9 Å². The van der Waals surface area contributed by atoms with E-state index >= 15 is 0 Å². The Morgan fingerprint density at radius 1 is 0.829 bits per heavy atom. The van der Waals surface area contributed by atoms with E-state index in [1.165, 1.54) is 16.7 Å². The Balaban J connectivity index is 1.15. The number of aromatic nitrogens is 2. The molecule has 0 amide bonds. The first-order valence-corrected chi connectivity index (χ1v) is 12.9. The lowest BCUT2D eigenvalue weighted by Crippen LogP contribution is -2.40. The van der Waals surface area contributed by atoms with Crippen LogP contribution in [0.15, 0.2) is 101 Å². The molecule has 1 fully saturated rings. The molecule has 1 aliphatic rings. The van der Waals surface area contributed by atoms with Gasteiger partial charge in [-0.2, -0.15) is 0 Å². The van der Waals surface area contributed by atoms with Gasteiger partial charge in [-0.15, -0.1) is 0 Å². The highest BCUT2D eigenvalue weighted by atomic mass is 79.9. The van der Waals surface area contributed by atoms with Crippen molar-refractivity contribution in [3.8, 4) is 11.1 Å². The van der Waals surface area contributed by atoms with Crippen molar-refractivity contribution in [1.29, 1.82) is 0 Å². The van der Waals surface area contributed by atoms with E-state index < -0.39 is 0 Å². The number of hydrogen-bond donors (Lipinski definition) is 1. The normalized spacial score (nSPS) is 14.7. The fourth-order valence-corrected chi connectivity index (χ4v) is 4.84. The Kier molecular flexibility index (Phi) is 7.40. The first-order chi connectivity index (χ1) is 17.1. The molecule has 35 heavy (non-hydrogen) atoms. The molecule has 3 aromatic carbocycles. The molecule has 6 heteroatoms. The summed E-state index contributed by atoms with van der Waals surface area (Å²) in [6, 6.07) is 27.6. The second-order valence-corrected chi connectivity index (χ2v) is 10.0. The molecule has 0 aliphatic carbocycles. The SMILES string of the molecule is O=c1c(NC2CCN(Cc3ccc(-c4ccccc4)cc3)CC2)nccn1Cc1ccc(Br)cc1. The maximum absolute atomic E-state index is 13.0. The summed E-state index contributed by atoms with van der Waals surface area (Å²) in [5, 5.41) is 3.42. The number of piperidine rings is 1. The molecule has 0 unspecified atom stereocenters. The molecule has 178 valence electrons. The molecular formula is C29H29BrN4O. The van der Waals surface area contributed by atoms with Gasteiger partial charge in [-0.3, -0.25) is 9.69 Å². The molecule has 1 N–H and O–H groups in total. The van der Waals surface area contributed by atoms with Crippen molar-refractivity contribution in [2.24, 2.45) is 0 Å². The fourth-order valence-electron chi connectivity index (χ4n) is 4.58. The van der Waals surface area contributed by atoms with Crippen molar-refractivity contribution in [2.75, 3.05) is 18.4 Å². The van der Waals surface area contributed by atoms with Crippen molar-refractivity contribution in [2.45, 2.75) is 32.0 Å². The monoisotopic (exact) mass is 528 g/mol. The minimum Gasteiger partial charge on any atom is -0.363 e. The van der Waals surface area contributed by atoms with Crippen LogP contribution in [-0.2, 0) is 13.1 Å². The van der Waals surface area contributed by atoms with Gasteiger partial charge in [-0.25, -0.2) is 4.98 Å². The van der Waals surface area contributed by atoms with Gasteiger partial charge in [0.1, 0.15) is 0 Å². The molecule has 1 saturated heterocycles. The van der Waals surface area contributed by atoms with E-state index in [2.05, 4.69) is 79.7 Å². The predicted octanol–water partition coefficient (Wildman–Crippen LogP) is 5.80. The number of rotatable bonds is 7. The van der Waals surface area contributed by atoms with Gasteiger partial charge >= 0.3 is 0 Å². The molecule has 5 rings (SSSR count). The number of likely N-dealkylation sites (tertiary alicyclic amines) is 1. The third-order valence-corrected chi connectivity index (χ3v) is 7.10. The number of hydrogen-bond acceptors (Lipinski definition) is 4. The van der Waals surface area contributed by atoms with Crippen LogP contribution in [0.25, 0.3) is 11.1 Å². The molecule has 2 heterocycles. The maximum atomic E-state index is 13.0. The minimum absolute atomic E-state index is 0.0728. The second-order valence-electron chi connectivity index (χ2n) is 9.09. The number of anilines is 1. The standard InChI is InChI=1S/C29H29BrN4O/c30-26-12-8-23(9-13-26)21-34-19-16-31-28(29(34)35)32-27-14-17-33(18-15-27)20-22-6-10-25(11-7-22)24-4-2-1-3-5-24/h1-13,16,19,27H,14-15,17-18,20-21H2,(H,31,32). The highest BCUT2D eigenvalue weighted by molar-refractivity contribution is 9.10. The van der Waals surface area contributed by atoms with Crippen molar-refractivity contribution >= 4 is 21.7 Å². The number of nitrogens with zero attached hydrogens (tertiary/aromatic N) is 3. The lowest BCUT2D eigenvalue weighted by Gasteiger charge is -2.32. The quantitative estimate of drug-likeness (QED) is 0.329. The van der Waals surface area contributed by atoms with Gasteiger partial charge in [-0.1, -0.05) is 82.7 Å². The second kappa shape index (κ2) is 11.0. The molecule has 4 aromatic rings. The van der Waals surface area contributed by atoms with Crippen molar-refractivity contribution < 1.29 is 0 Å². The molecule has 1 aliphatic heterocycles. The molecule has 0 radical (unpaired) electrons. The maximum Gasteiger partial charge on any atom is 0.293 e. The van der Waals surface area contributed by atoms with E-state index in [0.29, 0.717) is 12.4 Å². The van der Waals surface area contributed by atoms with Crippen LogP contribution in [-0.4, -0.2) is 33.6 Å². The summed E-state index contributed by atoms with van der Waals surface area (Å²) in [7, 11) is 0. The molecular weight excluding hydrogens is 500 g/mol. The molecule has 0 atom stereocenters. The first-order valence-electron chi connectivity index (χ1n) is 12.1. The third kappa shape index (κ3) is 6.08. The van der Waals surface area contributed by atoms with E-state index in [4.69, 9.17) is 0 Å². The van der Waals surface area contributed by atoms with Gasteiger partial charge in [0, 0.05) is 42.5 Å². The average molecular weight is 529 g/mol. The summed E-state index contributed by atoms with van der Waals surface area (Å²) in [6.45, 7) is 3.48. The van der Waals surface area contributed by atoms with Crippen LogP contribution in [0.5, 0.6) is 0 Å². The minimum atomic E-state index is -0.0728. The molecule has 0 bridgehead atoms. The van der Waals surface area contributed by atoms with E-state index in [0.717, 1.165) is 42.5 Å². The number of nitrogens with one attached hydrogen (secondary N) is 1. The van der Waals surface area contributed by atoms with Crippen molar-refractivity contribution in [3.63, 3.8) is 0 Å². The first kappa shape index (κ1) is 23.5. The van der Waals surface area contributed by atoms with Crippen molar-refractivity contribution in [1.82, 2.24) is 14.5 Å². The van der Waals surface area contributed by atoms with E-state index in [9.17, 15) is 4.79 Å². The molecule has 5 nitrogen and oxygen atoms in total. The Bertz CT molecular complexity index is 1300. The summed E-state index contributed by atoms with van der Waals surface area (Å²) < 4.78 is 2.74. The summed E-state index contributed by atoms with van der Waals surface area (Å²) in [4.78, 5) is 19.8. The zero-order valence-electron chi connectivity index (χ0n) is 19.6. The van der Waals surface area contributed by atoms with E-state index in [1.807, 2.05) is 30.3 Å². The summed E-state index contributed by atoms with van der Waals surface area (Å²) in [5.74, 6) is 0.444. The summed E-state index contributed by atoms with van der Waals surface area (Å²) in [5.41, 5.74) is 4.83. The fraction of sp³-hybridized carbons (Fsp3) is 0.241. The third-order valence-electron chi connectivity index (χ3n) is 6.58. The Hall–Kier alpha value is -3.22. The van der Waals surface area contributed by atoms with Gasteiger partial charge in [0.2, 0.25) is 0 Å². The van der Waals surface area contributed by atoms with Gasteiger partial charge in [0.15, 0.2) is 5.82 Å². The van der Waals surface area contributed by atoms with E-state index in [1.54, 1.807) is 17.0 Å². The van der Waals surface area contributed by atoms with Gasteiger partial charge in [0.25, 0.3) is 5.56 Å². The lowest BCUT2D eigenvalue weighted by atomic mass is 10.0. The Labute approximate surface area is 214 Å². The molecule has 1 aromatic heterocycles. The van der Waals surface area contributed by atoms with Crippen LogP contribution in [0.3, 0.4) is 0 Å². The molecule has 0 spiro atoms. The largest absolute Gasteiger partial charge is 0.363 e. The predicted molar refractivity (Wildman–Crippen MR) is 146 cm³/mol. The van der Waals surface area contributed by atoms with Crippen LogP contribution < -0.4 is 10.9 Å². The van der Waals surface area contributed by atoms with Crippen molar-refractivity contribution in [3.05, 3.63) is 117 Å². The topological polar surface area (TPSA) is 50.2 Å². The van der Waals surface area contributed by atoms with Gasteiger partial charge in [0.05, 0.1) is 6.54 Å². The smallest absolute Gasteiger partial charge is 0.293 e. The zero-order valence-corrected chi connectivity index (χ0v) is 21.2. The zero-order chi connectivity index (χ0) is 24.0. The number of benzene rings is 3. The van der Waals surface area contributed by atoms with Gasteiger partial charge < -0.3 is 9.88 Å². The Morgan fingerprint density at radius 3 is 2.17 bits per heavy atom. The summed E-state index contributed by atoms with van der Waals surface area (Å²) in [6.07, 6.45) is 5.44. The van der Waals surface area contributed by atoms with Crippen LogP contribution in [0.4, 0.5) is 5.82 Å². The molecule has 0 saturated carbocycles. The van der Waals surface area contributed by atoms with Gasteiger partial charge in [-0.05, 0) is 47.2 Å². The van der Waals surface area contributed by atoms with Crippen LogP contribution in [0.2, 0.25) is 0 Å². The van der Waals surface area contributed by atoms with Crippen LogP contribution in [0.1, 0.15) is 24.0 Å². The average Bonchev–Trinajstić information content (AvgIpc) is 2.90. The van der Waals surface area contributed by atoms with E-state index in [-0.39, 0.29) is 11.6 Å². The highest BCUT2D eigenvalue weighted by Gasteiger charge is 2.20. The highest BCUT2D eigenvalue weighted by Crippen LogP contribution is 2.21. The number of halogens is 1. The Morgan fingerprint density at radius 2 is 1.46 bits per heavy atom.